The lowest BCUT2D eigenvalue weighted by molar-refractivity contribution is 0.527. The van der Waals surface area contributed by atoms with Crippen LogP contribution in [0.15, 0.2) is 60.4 Å². The number of benzene rings is 1. The lowest BCUT2D eigenvalue weighted by Crippen LogP contribution is -2.25. The average Bonchev–Trinajstić information content (AvgIpc) is 2.64. The van der Waals surface area contributed by atoms with Crippen LogP contribution in [0.1, 0.15) is 39.3 Å². The summed E-state index contributed by atoms with van der Waals surface area (Å²) < 4.78 is 0. The summed E-state index contributed by atoms with van der Waals surface area (Å²) in [5.74, 6) is 0.463. The van der Waals surface area contributed by atoms with Crippen molar-refractivity contribution in [3.63, 3.8) is 0 Å². The van der Waals surface area contributed by atoms with Gasteiger partial charge >= 0.3 is 0 Å². The Morgan fingerprint density at radius 3 is 2.60 bits per heavy atom. The Labute approximate surface area is 150 Å². The van der Waals surface area contributed by atoms with Crippen LogP contribution in [0.4, 0.5) is 11.4 Å². The Kier molecular flexibility index (Phi) is 7.03. The summed E-state index contributed by atoms with van der Waals surface area (Å²) in [5.41, 5.74) is 3.69. The number of nitriles is 1. The van der Waals surface area contributed by atoms with Gasteiger partial charge in [0.05, 0.1) is 0 Å². The molecule has 1 unspecified atom stereocenters. The minimum atomic E-state index is 0.285. The molecule has 1 aromatic carbocycles. The summed E-state index contributed by atoms with van der Waals surface area (Å²) in [6.07, 6.45) is 5.79. The zero-order valence-corrected chi connectivity index (χ0v) is 15.2. The van der Waals surface area contributed by atoms with Crippen LogP contribution in [0.2, 0.25) is 0 Å². The third-order valence-corrected chi connectivity index (χ3v) is 4.11. The zero-order valence-electron chi connectivity index (χ0n) is 15.2. The van der Waals surface area contributed by atoms with Gasteiger partial charge in [0, 0.05) is 29.3 Å². The molecule has 1 aromatic heterocycles. The van der Waals surface area contributed by atoms with Gasteiger partial charge in [0.2, 0.25) is 0 Å². The van der Waals surface area contributed by atoms with Crippen LogP contribution in [0, 0.1) is 17.2 Å². The molecule has 130 valence electrons. The Morgan fingerprint density at radius 2 is 1.96 bits per heavy atom. The highest BCUT2D eigenvalue weighted by Crippen LogP contribution is 2.18. The number of para-hydroxylation sites is 1. The predicted octanol–water partition coefficient (Wildman–Crippen LogP) is 5.19. The molecule has 0 aliphatic carbocycles. The molecule has 0 fully saturated rings. The lowest BCUT2D eigenvalue weighted by Gasteiger charge is -2.23. The van der Waals surface area contributed by atoms with Crippen molar-refractivity contribution in [2.75, 3.05) is 10.6 Å². The molecule has 0 bridgehead atoms. The Hall–Kier alpha value is -2.80. The molecule has 0 aliphatic heterocycles. The standard InChI is InChI=1S/C21H26N4/c1-4-17(24-18-8-6-5-7-9-18)10-11-21(16(2)3)25-19-12-13-23-20(14-19)15-22/h5-10,12-14,16,21,24H,4,11H2,1-3H3,(H,23,25)/b17-10+. The van der Waals surface area contributed by atoms with Gasteiger partial charge in [-0.3, -0.25) is 0 Å². The predicted molar refractivity (Wildman–Crippen MR) is 104 cm³/mol. The first-order valence-corrected chi connectivity index (χ1v) is 8.76. The maximum absolute atomic E-state index is 9.00. The minimum absolute atomic E-state index is 0.285. The quantitative estimate of drug-likeness (QED) is 0.698. The smallest absolute Gasteiger partial charge is 0.142 e. The fourth-order valence-electron chi connectivity index (χ4n) is 2.55. The molecule has 2 aromatic rings. The third-order valence-electron chi connectivity index (χ3n) is 4.11. The van der Waals surface area contributed by atoms with Crippen molar-refractivity contribution in [3.8, 4) is 6.07 Å². The van der Waals surface area contributed by atoms with Crippen LogP contribution >= 0.6 is 0 Å². The molecule has 1 heterocycles. The second-order valence-electron chi connectivity index (χ2n) is 6.35. The van der Waals surface area contributed by atoms with Gasteiger partial charge in [-0.25, -0.2) is 4.98 Å². The van der Waals surface area contributed by atoms with E-state index in [1.807, 2.05) is 24.3 Å². The van der Waals surface area contributed by atoms with E-state index in [4.69, 9.17) is 5.26 Å². The summed E-state index contributed by atoms with van der Waals surface area (Å²) in [5, 5.41) is 16.0. The van der Waals surface area contributed by atoms with E-state index in [0.717, 1.165) is 24.2 Å². The minimum Gasteiger partial charge on any atom is -0.382 e. The maximum Gasteiger partial charge on any atom is 0.142 e. The van der Waals surface area contributed by atoms with Crippen LogP contribution < -0.4 is 10.6 Å². The van der Waals surface area contributed by atoms with Crippen LogP contribution in [-0.2, 0) is 0 Å². The van der Waals surface area contributed by atoms with Crippen molar-refractivity contribution in [2.24, 2.45) is 5.92 Å². The number of rotatable bonds is 8. The number of hydrogen-bond acceptors (Lipinski definition) is 4. The van der Waals surface area contributed by atoms with Gasteiger partial charge in [-0.15, -0.1) is 0 Å². The molecular weight excluding hydrogens is 308 g/mol. The number of nitrogens with zero attached hydrogens (tertiary/aromatic N) is 2. The molecule has 0 amide bonds. The van der Waals surface area contributed by atoms with Crippen molar-refractivity contribution in [2.45, 2.75) is 39.7 Å². The number of nitrogens with one attached hydrogen (secondary N) is 2. The summed E-state index contributed by atoms with van der Waals surface area (Å²) in [6.45, 7) is 6.56. The first-order chi connectivity index (χ1) is 12.1. The largest absolute Gasteiger partial charge is 0.382 e. The molecule has 0 saturated carbocycles. The molecule has 2 N–H and O–H groups in total. The van der Waals surface area contributed by atoms with E-state index in [1.54, 1.807) is 12.3 Å². The highest BCUT2D eigenvalue weighted by Gasteiger charge is 2.12. The fourth-order valence-corrected chi connectivity index (χ4v) is 2.55. The molecule has 4 heteroatoms. The molecule has 0 spiro atoms. The van der Waals surface area contributed by atoms with E-state index in [9.17, 15) is 0 Å². The van der Waals surface area contributed by atoms with Crippen molar-refractivity contribution in [3.05, 3.63) is 66.1 Å². The zero-order chi connectivity index (χ0) is 18.1. The monoisotopic (exact) mass is 334 g/mol. The van der Waals surface area contributed by atoms with E-state index >= 15 is 0 Å². The topological polar surface area (TPSA) is 60.7 Å². The van der Waals surface area contributed by atoms with E-state index in [0.29, 0.717) is 11.6 Å². The van der Waals surface area contributed by atoms with Crippen LogP contribution in [-0.4, -0.2) is 11.0 Å². The number of hydrogen-bond donors (Lipinski definition) is 2. The molecule has 0 radical (unpaired) electrons. The molecule has 0 saturated heterocycles. The van der Waals surface area contributed by atoms with Crippen LogP contribution in [0.25, 0.3) is 0 Å². The number of allylic oxidation sites excluding steroid dienone is 1. The normalized spacial score (nSPS) is 12.5. The summed E-state index contributed by atoms with van der Waals surface area (Å²) in [4.78, 5) is 4.02. The van der Waals surface area contributed by atoms with E-state index in [2.05, 4.69) is 60.7 Å². The molecule has 25 heavy (non-hydrogen) atoms. The SMILES string of the molecule is CC/C(=C\CC(Nc1ccnc(C#N)c1)C(C)C)Nc1ccccc1. The number of aromatic nitrogens is 1. The fraction of sp³-hybridized carbons (Fsp3) is 0.333. The second kappa shape index (κ2) is 9.48. The van der Waals surface area contributed by atoms with Gasteiger partial charge in [-0.1, -0.05) is 45.0 Å². The van der Waals surface area contributed by atoms with Gasteiger partial charge in [0.15, 0.2) is 0 Å². The lowest BCUT2D eigenvalue weighted by atomic mass is 9.99. The molecular formula is C21H26N4. The van der Waals surface area contributed by atoms with E-state index < -0.39 is 0 Å². The van der Waals surface area contributed by atoms with E-state index in [-0.39, 0.29) is 6.04 Å². The van der Waals surface area contributed by atoms with Gasteiger partial charge in [-0.05, 0) is 43.0 Å². The molecule has 2 rings (SSSR count). The second-order valence-corrected chi connectivity index (χ2v) is 6.35. The number of anilines is 2. The van der Waals surface area contributed by atoms with Crippen molar-refractivity contribution in [1.29, 1.82) is 5.26 Å². The summed E-state index contributed by atoms with van der Waals surface area (Å²) >= 11 is 0. The highest BCUT2D eigenvalue weighted by molar-refractivity contribution is 5.48. The van der Waals surface area contributed by atoms with Gasteiger partial charge in [0.25, 0.3) is 0 Å². The molecule has 0 aliphatic rings. The summed E-state index contributed by atoms with van der Waals surface area (Å²) in [7, 11) is 0. The van der Waals surface area contributed by atoms with Crippen molar-refractivity contribution >= 4 is 11.4 Å². The van der Waals surface area contributed by atoms with E-state index in [1.165, 1.54) is 5.70 Å². The Morgan fingerprint density at radius 1 is 1.20 bits per heavy atom. The van der Waals surface area contributed by atoms with Gasteiger partial charge < -0.3 is 10.6 Å². The Bertz CT molecular complexity index is 729. The number of pyridine rings is 1. The van der Waals surface area contributed by atoms with Crippen LogP contribution in [0.3, 0.4) is 0 Å². The third kappa shape index (κ3) is 5.96. The Balaban J connectivity index is 2.05. The van der Waals surface area contributed by atoms with Gasteiger partial charge in [0.1, 0.15) is 11.8 Å². The van der Waals surface area contributed by atoms with Crippen LogP contribution in [0.5, 0.6) is 0 Å². The highest BCUT2D eigenvalue weighted by atomic mass is 14.9. The van der Waals surface area contributed by atoms with Crippen molar-refractivity contribution in [1.82, 2.24) is 4.98 Å². The van der Waals surface area contributed by atoms with Gasteiger partial charge in [-0.2, -0.15) is 5.26 Å². The molecule has 4 nitrogen and oxygen atoms in total. The summed E-state index contributed by atoms with van der Waals surface area (Å²) in [6, 6.07) is 16.3. The average molecular weight is 334 g/mol. The maximum atomic E-state index is 9.00. The first kappa shape index (κ1) is 18.5. The van der Waals surface area contributed by atoms with Crippen molar-refractivity contribution < 1.29 is 0 Å². The molecule has 1 atom stereocenters. The first-order valence-electron chi connectivity index (χ1n) is 8.76.